The quantitative estimate of drug-likeness (QED) is 0.454. The van der Waals surface area contributed by atoms with Crippen molar-refractivity contribution in [3.8, 4) is 0 Å². The van der Waals surface area contributed by atoms with Gasteiger partial charge in [-0.15, -0.1) is 0 Å². The Hall–Kier alpha value is -3.22. The zero-order valence-electron chi connectivity index (χ0n) is 15.5. The molecule has 0 aromatic heterocycles. The first-order valence-corrected chi connectivity index (χ1v) is 8.72. The third kappa shape index (κ3) is 5.13. The van der Waals surface area contributed by atoms with E-state index >= 15 is 0 Å². The lowest BCUT2D eigenvalue weighted by atomic mass is 10.0. The third-order valence-electron chi connectivity index (χ3n) is 4.14. The number of rotatable bonds is 7. The van der Waals surface area contributed by atoms with Crippen LogP contribution in [0.25, 0.3) is 0 Å². The lowest BCUT2D eigenvalue weighted by molar-refractivity contribution is -0.384. The second-order valence-corrected chi connectivity index (χ2v) is 6.04. The van der Waals surface area contributed by atoms with Gasteiger partial charge in [0.15, 0.2) is 0 Å². The summed E-state index contributed by atoms with van der Waals surface area (Å²) in [6.45, 7) is 5.65. The summed E-state index contributed by atoms with van der Waals surface area (Å²) in [5.74, 6) is -1.21. The molecule has 2 rings (SSSR count). The largest absolute Gasteiger partial charge is 0.462 e. The molecule has 1 atom stereocenters. The fraction of sp³-hybridized carbons (Fsp3) is 0.300. The summed E-state index contributed by atoms with van der Waals surface area (Å²) in [6, 6.07) is 11.1. The monoisotopic (exact) mass is 370 g/mol. The maximum atomic E-state index is 12.6. The first-order valence-electron chi connectivity index (χ1n) is 8.72. The second kappa shape index (κ2) is 8.93. The van der Waals surface area contributed by atoms with Gasteiger partial charge in [-0.25, -0.2) is 4.79 Å². The maximum absolute atomic E-state index is 12.6. The maximum Gasteiger partial charge on any atom is 0.338 e. The van der Waals surface area contributed by atoms with Crippen LogP contribution in [-0.4, -0.2) is 23.4 Å². The molecule has 0 heterocycles. The zero-order chi connectivity index (χ0) is 20.0. The SMILES string of the molecule is CCOC(=O)c1cc(C(=O)NC(C)c2ccc(CC)cc2)cc([N+](=O)[O-])c1. The molecule has 0 spiro atoms. The van der Waals surface area contributed by atoms with E-state index in [1.165, 1.54) is 11.6 Å². The van der Waals surface area contributed by atoms with Crippen LogP contribution in [0, 0.1) is 10.1 Å². The number of carbonyl (C=O) groups excluding carboxylic acids is 2. The van der Waals surface area contributed by atoms with Gasteiger partial charge in [0.2, 0.25) is 0 Å². The Kier molecular flexibility index (Phi) is 6.65. The van der Waals surface area contributed by atoms with Gasteiger partial charge in [0.1, 0.15) is 0 Å². The van der Waals surface area contributed by atoms with Gasteiger partial charge in [0.05, 0.1) is 23.1 Å². The van der Waals surface area contributed by atoms with Crippen molar-refractivity contribution in [1.29, 1.82) is 0 Å². The van der Waals surface area contributed by atoms with Crippen LogP contribution in [0.2, 0.25) is 0 Å². The average Bonchev–Trinajstić information content (AvgIpc) is 2.67. The number of esters is 1. The van der Waals surface area contributed by atoms with Crippen LogP contribution in [0.3, 0.4) is 0 Å². The molecule has 0 aliphatic heterocycles. The number of ether oxygens (including phenoxy) is 1. The van der Waals surface area contributed by atoms with E-state index in [1.807, 2.05) is 31.2 Å². The molecule has 0 saturated heterocycles. The van der Waals surface area contributed by atoms with Gasteiger partial charge < -0.3 is 10.1 Å². The minimum Gasteiger partial charge on any atom is -0.462 e. The van der Waals surface area contributed by atoms with E-state index in [1.54, 1.807) is 6.92 Å². The number of carbonyl (C=O) groups is 2. The number of nitrogens with one attached hydrogen (secondary N) is 1. The number of nitrogens with zero attached hydrogens (tertiary/aromatic N) is 1. The van der Waals surface area contributed by atoms with E-state index < -0.39 is 16.8 Å². The highest BCUT2D eigenvalue weighted by atomic mass is 16.6. The number of benzene rings is 2. The number of hydrogen-bond acceptors (Lipinski definition) is 5. The summed E-state index contributed by atoms with van der Waals surface area (Å²) in [4.78, 5) is 35.0. The number of hydrogen-bond donors (Lipinski definition) is 1. The smallest absolute Gasteiger partial charge is 0.338 e. The van der Waals surface area contributed by atoms with Crippen LogP contribution < -0.4 is 5.32 Å². The molecule has 0 fully saturated rings. The normalized spacial score (nSPS) is 11.5. The van der Waals surface area contributed by atoms with Crippen molar-refractivity contribution in [2.75, 3.05) is 6.61 Å². The molecule has 0 radical (unpaired) electrons. The molecule has 1 amide bonds. The van der Waals surface area contributed by atoms with Gasteiger partial charge in [0.25, 0.3) is 11.6 Å². The van der Waals surface area contributed by atoms with Crippen molar-refractivity contribution >= 4 is 17.6 Å². The van der Waals surface area contributed by atoms with E-state index in [9.17, 15) is 19.7 Å². The molecular formula is C20H22N2O5. The summed E-state index contributed by atoms with van der Waals surface area (Å²) in [6.07, 6.45) is 0.922. The van der Waals surface area contributed by atoms with Crippen LogP contribution >= 0.6 is 0 Å². The number of aryl methyl sites for hydroxylation is 1. The van der Waals surface area contributed by atoms with Gasteiger partial charge in [-0.2, -0.15) is 0 Å². The van der Waals surface area contributed by atoms with Gasteiger partial charge >= 0.3 is 5.97 Å². The van der Waals surface area contributed by atoms with E-state index in [2.05, 4.69) is 12.2 Å². The Morgan fingerprint density at radius 1 is 1.11 bits per heavy atom. The molecule has 7 nitrogen and oxygen atoms in total. The fourth-order valence-corrected chi connectivity index (χ4v) is 2.59. The Bertz CT molecular complexity index is 846. The van der Waals surface area contributed by atoms with Crippen molar-refractivity contribution < 1.29 is 19.2 Å². The summed E-state index contributed by atoms with van der Waals surface area (Å²) in [5, 5.41) is 13.9. The fourth-order valence-electron chi connectivity index (χ4n) is 2.59. The molecule has 1 unspecified atom stereocenters. The molecule has 2 aromatic carbocycles. The van der Waals surface area contributed by atoms with E-state index in [0.717, 1.165) is 24.1 Å². The average molecular weight is 370 g/mol. The summed E-state index contributed by atoms with van der Waals surface area (Å²) < 4.78 is 4.88. The van der Waals surface area contributed by atoms with E-state index in [0.29, 0.717) is 0 Å². The minimum absolute atomic E-state index is 0.0313. The lowest BCUT2D eigenvalue weighted by Crippen LogP contribution is -2.27. The zero-order valence-corrected chi connectivity index (χ0v) is 15.5. The molecule has 0 saturated carbocycles. The standard InChI is InChI=1S/C20H22N2O5/c1-4-14-6-8-15(9-7-14)13(3)21-19(23)16-10-17(20(24)27-5-2)12-18(11-16)22(25)26/h6-13H,4-5H2,1-3H3,(H,21,23). The molecule has 142 valence electrons. The highest BCUT2D eigenvalue weighted by molar-refractivity contribution is 5.99. The molecular weight excluding hydrogens is 348 g/mol. The number of non-ortho nitro benzene ring substituents is 1. The van der Waals surface area contributed by atoms with Gasteiger partial charge in [-0.1, -0.05) is 31.2 Å². The van der Waals surface area contributed by atoms with E-state index in [4.69, 9.17) is 4.74 Å². The minimum atomic E-state index is -0.710. The molecule has 0 bridgehead atoms. The van der Waals surface area contributed by atoms with Crippen molar-refractivity contribution in [3.63, 3.8) is 0 Å². The first-order chi connectivity index (χ1) is 12.8. The molecule has 7 heteroatoms. The molecule has 0 aliphatic carbocycles. The summed E-state index contributed by atoms with van der Waals surface area (Å²) in [5.41, 5.74) is 1.76. The first kappa shape index (κ1) is 20.1. The van der Waals surface area contributed by atoms with Crippen LogP contribution in [0.15, 0.2) is 42.5 Å². The Labute approximate surface area is 157 Å². The molecule has 1 N–H and O–H groups in total. The Morgan fingerprint density at radius 3 is 2.30 bits per heavy atom. The van der Waals surface area contributed by atoms with Crippen LogP contribution in [0.4, 0.5) is 5.69 Å². The number of nitro groups is 1. The Morgan fingerprint density at radius 2 is 1.74 bits per heavy atom. The van der Waals surface area contributed by atoms with Crippen molar-refractivity contribution in [3.05, 3.63) is 74.8 Å². The van der Waals surface area contributed by atoms with Gasteiger partial charge in [-0.05, 0) is 37.5 Å². The van der Waals surface area contributed by atoms with Gasteiger partial charge in [0, 0.05) is 17.7 Å². The molecule has 27 heavy (non-hydrogen) atoms. The van der Waals surface area contributed by atoms with Crippen LogP contribution in [-0.2, 0) is 11.2 Å². The van der Waals surface area contributed by atoms with Gasteiger partial charge in [-0.3, -0.25) is 14.9 Å². The highest BCUT2D eigenvalue weighted by Gasteiger charge is 2.20. The Balaban J connectivity index is 2.25. The topological polar surface area (TPSA) is 98.5 Å². The predicted molar refractivity (Wildman–Crippen MR) is 101 cm³/mol. The molecule has 2 aromatic rings. The van der Waals surface area contributed by atoms with Crippen molar-refractivity contribution in [2.24, 2.45) is 0 Å². The highest BCUT2D eigenvalue weighted by Crippen LogP contribution is 2.20. The van der Waals surface area contributed by atoms with Crippen molar-refractivity contribution in [1.82, 2.24) is 5.32 Å². The third-order valence-corrected chi connectivity index (χ3v) is 4.14. The lowest BCUT2D eigenvalue weighted by Gasteiger charge is -2.15. The number of nitro benzene ring substituents is 1. The van der Waals surface area contributed by atoms with E-state index in [-0.39, 0.29) is 29.5 Å². The van der Waals surface area contributed by atoms with Crippen LogP contribution in [0.5, 0.6) is 0 Å². The van der Waals surface area contributed by atoms with Crippen LogP contribution in [0.1, 0.15) is 58.7 Å². The molecule has 0 aliphatic rings. The predicted octanol–water partition coefficient (Wildman–Crippen LogP) is 3.82. The number of amides is 1. The van der Waals surface area contributed by atoms with Crippen molar-refractivity contribution in [2.45, 2.75) is 33.2 Å². The summed E-state index contributed by atoms with van der Waals surface area (Å²) in [7, 11) is 0. The summed E-state index contributed by atoms with van der Waals surface area (Å²) >= 11 is 0. The second-order valence-electron chi connectivity index (χ2n) is 6.04.